The Bertz CT molecular complexity index is 805. The van der Waals surface area contributed by atoms with E-state index in [1.165, 1.54) is 0 Å². The van der Waals surface area contributed by atoms with Crippen LogP contribution in [0.25, 0.3) is 0 Å². The maximum Gasteiger partial charge on any atom is 0.340 e. The van der Waals surface area contributed by atoms with E-state index >= 15 is 0 Å². The Labute approximate surface area is 165 Å². The standard InChI is InChI=1S/C23H25NO4/c1-3-27-22(25)21(23(26)28-4-2)24-19-15-9-7-13-17(19)11-5-6-12-18-14-8-10-16-20(18)24/h5-10,13-16,21H,3-4,11-12H2,1-2H3/b6-5-. The van der Waals surface area contributed by atoms with E-state index < -0.39 is 18.0 Å². The fourth-order valence-corrected chi connectivity index (χ4v) is 3.41. The highest BCUT2D eigenvalue weighted by Crippen LogP contribution is 2.36. The Hall–Kier alpha value is -3.08. The minimum Gasteiger partial charge on any atom is -0.464 e. The van der Waals surface area contributed by atoms with E-state index in [-0.39, 0.29) is 13.2 Å². The molecule has 5 nitrogen and oxygen atoms in total. The highest BCUT2D eigenvalue weighted by Gasteiger charge is 2.38. The molecule has 0 spiro atoms. The molecule has 0 radical (unpaired) electrons. The molecule has 3 rings (SSSR count). The predicted molar refractivity (Wildman–Crippen MR) is 109 cm³/mol. The third-order valence-corrected chi connectivity index (χ3v) is 4.62. The maximum absolute atomic E-state index is 12.9. The molecule has 2 aromatic carbocycles. The molecule has 0 amide bonds. The van der Waals surface area contributed by atoms with Crippen molar-refractivity contribution in [3.8, 4) is 0 Å². The van der Waals surface area contributed by atoms with E-state index in [0.29, 0.717) is 12.8 Å². The molecular formula is C23H25NO4. The van der Waals surface area contributed by atoms with Gasteiger partial charge in [0.05, 0.1) is 13.2 Å². The average Bonchev–Trinajstić information content (AvgIpc) is 2.77. The number of ether oxygens (including phenoxy) is 2. The first-order valence-corrected chi connectivity index (χ1v) is 9.60. The van der Waals surface area contributed by atoms with Gasteiger partial charge < -0.3 is 14.4 Å². The van der Waals surface area contributed by atoms with Crippen LogP contribution in [0.15, 0.2) is 60.7 Å². The van der Waals surface area contributed by atoms with Gasteiger partial charge in [-0.25, -0.2) is 9.59 Å². The molecule has 1 aliphatic rings. The van der Waals surface area contributed by atoms with E-state index in [1.54, 1.807) is 18.7 Å². The molecule has 5 heteroatoms. The lowest BCUT2D eigenvalue weighted by molar-refractivity contribution is -0.156. The number of carbonyl (C=O) groups excluding carboxylic acids is 2. The van der Waals surface area contributed by atoms with Gasteiger partial charge in [-0.05, 0) is 49.9 Å². The molecule has 0 bridgehead atoms. The summed E-state index contributed by atoms with van der Waals surface area (Å²) in [6.07, 6.45) is 5.64. The Morgan fingerprint density at radius 2 is 1.25 bits per heavy atom. The second-order valence-electron chi connectivity index (χ2n) is 6.41. The Morgan fingerprint density at radius 3 is 1.68 bits per heavy atom. The van der Waals surface area contributed by atoms with E-state index in [2.05, 4.69) is 12.2 Å². The summed E-state index contributed by atoms with van der Waals surface area (Å²) < 4.78 is 10.5. The number of benzene rings is 2. The molecule has 0 fully saturated rings. The number of nitrogens with zero attached hydrogens (tertiary/aromatic N) is 1. The van der Waals surface area contributed by atoms with Crippen LogP contribution in [0.2, 0.25) is 0 Å². The van der Waals surface area contributed by atoms with Crippen molar-refractivity contribution in [3.05, 3.63) is 71.8 Å². The van der Waals surface area contributed by atoms with Crippen LogP contribution in [0.5, 0.6) is 0 Å². The smallest absolute Gasteiger partial charge is 0.340 e. The number of hydrogen-bond acceptors (Lipinski definition) is 5. The fourth-order valence-electron chi connectivity index (χ4n) is 3.41. The van der Waals surface area contributed by atoms with Gasteiger partial charge in [-0.1, -0.05) is 48.6 Å². The van der Waals surface area contributed by atoms with Crippen LogP contribution in [-0.2, 0) is 31.9 Å². The Kier molecular flexibility index (Phi) is 6.48. The van der Waals surface area contributed by atoms with Gasteiger partial charge in [-0.3, -0.25) is 0 Å². The summed E-state index contributed by atoms with van der Waals surface area (Å²) in [4.78, 5) is 27.5. The number of anilines is 2. The van der Waals surface area contributed by atoms with E-state index in [9.17, 15) is 9.59 Å². The van der Waals surface area contributed by atoms with Gasteiger partial charge in [-0.15, -0.1) is 0 Å². The van der Waals surface area contributed by atoms with Gasteiger partial charge in [0, 0.05) is 11.4 Å². The number of allylic oxidation sites excluding steroid dienone is 2. The largest absolute Gasteiger partial charge is 0.464 e. The van der Waals surface area contributed by atoms with Crippen molar-refractivity contribution in [2.24, 2.45) is 0 Å². The summed E-state index contributed by atoms with van der Waals surface area (Å²) in [5, 5.41) is 0. The maximum atomic E-state index is 12.9. The second kappa shape index (κ2) is 9.22. The van der Waals surface area contributed by atoms with Crippen molar-refractivity contribution in [2.45, 2.75) is 32.7 Å². The van der Waals surface area contributed by atoms with Gasteiger partial charge in [0.25, 0.3) is 0 Å². The molecule has 0 saturated heterocycles. The van der Waals surface area contributed by atoms with E-state index in [1.807, 2.05) is 48.5 Å². The molecule has 28 heavy (non-hydrogen) atoms. The van der Waals surface area contributed by atoms with Crippen LogP contribution in [0.3, 0.4) is 0 Å². The minimum absolute atomic E-state index is 0.188. The fraction of sp³-hybridized carbons (Fsp3) is 0.304. The molecule has 0 unspecified atom stereocenters. The van der Waals surface area contributed by atoms with Crippen LogP contribution < -0.4 is 4.90 Å². The third-order valence-electron chi connectivity index (χ3n) is 4.62. The second-order valence-corrected chi connectivity index (χ2v) is 6.41. The van der Waals surface area contributed by atoms with Gasteiger partial charge in [0.1, 0.15) is 0 Å². The molecule has 146 valence electrons. The van der Waals surface area contributed by atoms with Crippen molar-refractivity contribution in [3.63, 3.8) is 0 Å². The van der Waals surface area contributed by atoms with Crippen molar-refractivity contribution < 1.29 is 19.1 Å². The molecule has 0 aromatic heterocycles. The van der Waals surface area contributed by atoms with E-state index in [4.69, 9.17) is 9.47 Å². The van der Waals surface area contributed by atoms with Crippen molar-refractivity contribution in [2.75, 3.05) is 18.1 Å². The average molecular weight is 379 g/mol. The first kappa shape index (κ1) is 19.7. The molecule has 2 aromatic rings. The number of fused-ring (bicyclic) bond motifs is 2. The van der Waals surface area contributed by atoms with Crippen LogP contribution >= 0.6 is 0 Å². The summed E-state index contributed by atoms with van der Waals surface area (Å²) in [6.45, 7) is 3.83. The molecular weight excluding hydrogens is 354 g/mol. The van der Waals surface area contributed by atoms with Crippen LogP contribution in [0, 0.1) is 0 Å². The van der Waals surface area contributed by atoms with E-state index in [0.717, 1.165) is 22.5 Å². The zero-order valence-corrected chi connectivity index (χ0v) is 16.3. The van der Waals surface area contributed by atoms with Gasteiger partial charge in [0.15, 0.2) is 0 Å². The van der Waals surface area contributed by atoms with Crippen molar-refractivity contribution >= 4 is 23.3 Å². The van der Waals surface area contributed by atoms with Crippen LogP contribution in [0.4, 0.5) is 11.4 Å². The third kappa shape index (κ3) is 4.09. The molecule has 0 saturated carbocycles. The van der Waals surface area contributed by atoms with Crippen LogP contribution in [0.1, 0.15) is 25.0 Å². The zero-order valence-electron chi connectivity index (χ0n) is 16.3. The lowest BCUT2D eigenvalue weighted by Crippen LogP contribution is -2.47. The van der Waals surface area contributed by atoms with Gasteiger partial charge in [-0.2, -0.15) is 0 Å². The molecule has 1 heterocycles. The number of para-hydroxylation sites is 2. The summed E-state index contributed by atoms with van der Waals surface area (Å²) in [7, 11) is 0. The highest BCUT2D eigenvalue weighted by atomic mass is 16.6. The summed E-state index contributed by atoms with van der Waals surface area (Å²) in [6, 6.07) is 14.4. The lowest BCUT2D eigenvalue weighted by atomic mass is 10.0. The first-order valence-electron chi connectivity index (χ1n) is 9.60. The Balaban J connectivity index is 2.23. The topological polar surface area (TPSA) is 55.8 Å². The lowest BCUT2D eigenvalue weighted by Gasteiger charge is -2.33. The highest BCUT2D eigenvalue weighted by molar-refractivity contribution is 6.05. The molecule has 0 N–H and O–H groups in total. The Morgan fingerprint density at radius 1 is 0.821 bits per heavy atom. The van der Waals surface area contributed by atoms with Crippen molar-refractivity contribution in [1.82, 2.24) is 0 Å². The zero-order chi connectivity index (χ0) is 19.9. The number of rotatable bonds is 5. The normalized spacial score (nSPS) is 14.2. The molecule has 0 atom stereocenters. The minimum atomic E-state index is -1.21. The number of esters is 2. The summed E-state index contributed by atoms with van der Waals surface area (Å²) in [5.41, 5.74) is 3.64. The summed E-state index contributed by atoms with van der Waals surface area (Å²) in [5.74, 6) is -1.23. The first-order chi connectivity index (χ1) is 13.7. The number of carbonyl (C=O) groups is 2. The predicted octanol–water partition coefficient (Wildman–Crippen LogP) is 3.97. The van der Waals surface area contributed by atoms with Crippen molar-refractivity contribution in [1.29, 1.82) is 0 Å². The van der Waals surface area contributed by atoms with Gasteiger partial charge >= 0.3 is 11.9 Å². The molecule has 0 aliphatic carbocycles. The quantitative estimate of drug-likeness (QED) is 0.447. The van der Waals surface area contributed by atoms with Gasteiger partial charge in [0.2, 0.25) is 6.04 Å². The monoisotopic (exact) mass is 379 g/mol. The summed E-state index contributed by atoms with van der Waals surface area (Å²) >= 11 is 0. The molecule has 1 aliphatic heterocycles. The van der Waals surface area contributed by atoms with Crippen LogP contribution in [-0.4, -0.2) is 31.2 Å². The SMILES string of the molecule is CCOC(=O)C(C(=O)OCC)N1c2ccccc2C/C=C\Cc2ccccc21. The number of hydrogen-bond donors (Lipinski definition) is 0.